The molecule has 2 amide bonds. The van der Waals surface area contributed by atoms with E-state index in [0.717, 1.165) is 30.7 Å². The van der Waals surface area contributed by atoms with E-state index < -0.39 is 0 Å². The van der Waals surface area contributed by atoms with Crippen molar-refractivity contribution in [1.29, 1.82) is 0 Å². The minimum atomic E-state index is -0.373. The standard InChI is InChI=1S/C20H28N2O4/c1-3-26-17-6-4-16(5-7-17)14-18(23)22-11-9-20(15-22)8-10-21(19(20)24)12-13-25-2/h4-7H,3,8-15H2,1-2H3. The van der Waals surface area contributed by atoms with Gasteiger partial charge in [-0.1, -0.05) is 12.1 Å². The molecule has 142 valence electrons. The Hall–Kier alpha value is -2.08. The van der Waals surface area contributed by atoms with E-state index in [1.165, 1.54) is 0 Å². The van der Waals surface area contributed by atoms with Gasteiger partial charge in [0.05, 0.1) is 25.0 Å². The van der Waals surface area contributed by atoms with Crippen LogP contribution in [0.5, 0.6) is 5.75 Å². The van der Waals surface area contributed by atoms with Crippen LogP contribution >= 0.6 is 0 Å². The highest BCUT2D eigenvalue weighted by molar-refractivity contribution is 5.87. The number of methoxy groups -OCH3 is 1. The first-order valence-corrected chi connectivity index (χ1v) is 9.36. The number of likely N-dealkylation sites (tertiary alicyclic amines) is 2. The first-order valence-electron chi connectivity index (χ1n) is 9.36. The number of hydrogen-bond acceptors (Lipinski definition) is 4. The molecule has 0 radical (unpaired) electrons. The quantitative estimate of drug-likeness (QED) is 0.743. The molecule has 1 aromatic carbocycles. The van der Waals surface area contributed by atoms with E-state index in [0.29, 0.717) is 39.3 Å². The molecular weight excluding hydrogens is 332 g/mol. The first-order chi connectivity index (χ1) is 12.6. The SMILES string of the molecule is CCOc1ccc(CC(=O)N2CCC3(CCN(CCOC)C3=O)C2)cc1. The smallest absolute Gasteiger partial charge is 0.230 e. The molecule has 2 aliphatic heterocycles. The van der Waals surface area contributed by atoms with Crippen LogP contribution in [-0.4, -0.2) is 68.1 Å². The highest BCUT2D eigenvalue weighted by atomic mass is 16.5. The van der Waals surface area contributed by atoms with Crippen molar-refractivity contribution in [2.45, 2.75) is 26.2 Å². The molecule has 0 N–H and O–H groups in total. The lowest BCUT2D eigenvalue weighted by Crippen LogP contribution is -2.39. The summed E-state index contributed by atoms with van der Waals surface area (Å²) in [6, 6.07) is 7.65. The van der Waals surface area contributed by atoms with E-state index in [1.807, 2.05) is 41.0 Å². The lowest BCUT2D eigenvalue weighted by Gasteiger charge is -2.23. The maximum absolute atomic E-state index is 12.8. The van der Waals surface area contributed by atoms with E-state index in [-0.39, 0.29) is 17.2 Å². The molecule has 1 atom stereocenters. The number of carbonyl (C=O) groups is 2. The summed E-state index contributed by atoms with van der Waals surface area (Å²) in [5.74, 6) is 1.09. The Kier molecular flexibility index (Phi) is 5.81. The maximum Gasteiger partial charge on any atom is 0.230 e. The minimum Gasteiger partial charge on any atom is -0.494 e. The average molecular weight is 360 g/mol. The van der Waals surface area contributed by atoms with Gasteiger partial charge < -0.3 is 19.3 Å². The van der Waals surface area contributed by atoms with Gasteiger partial charge in [0.15, 0.2) is 0 Å². The number of carbonyl (C=O) groups excluding carboxylic acids is 2. The Balaban J connectivity index is 1.56. The Morgan fingerprint density at radius 3 is 2.62 bits per heavy atom. The van der Waals surface area contributed by atoms with Crippen LogP contribution in [-0.2, 0) is 20.7 Å². The third-order valence-electron chi connectivity index (χ3n) is 5.46. The third kappa shape index (κ3) is 3.85. The molecule has 1 unspecified atom stereocenters. The van der Waals surface area contributed by atoms with Gasteiger partial charge in [0, 0.05) is 33.3 Å². The predicted octanol–water partition coefficient (Wildman–Crippen LogP) is 1.73. The molecular formula is C20H28N2O4. The fraction of sp³-hybridized carbons (Fsp3) is 0.600. The highest BCUT2D eigenvalue weighted by Crippen LogP contribution is 2.40. The second-order valence-electron chi connectivity index (χ2n) is 7.13. The van der Waals surface area contributed by atoms with Gasteiger partial charge in [-0.3, -0.25) is 9.59 Å². The minimum absolute atomic E-state index is 0.0918. The van der Waals surface area contributed by atoms with Crippen LogP contribution in [0.3, 0.4) is 0 Å². The van der Waals surface area contributed by atoms with Crippen molar-refractivity contribution in [3.05, 3.63) is 29.8 Å². The molecule has 26 heavy (non-hydrogen) atoms. The van der Waals surface area contributed by atoms with Crippen LogP contribution < -0.4 is 4.74 Å². The summed E-state index contributed by atoms with van der Waals surface area (Å²) in [4.78, 5) is 29.2. The van der Waals surface area contributed by atoms with Gasteiger partial charge in [-0.05, 0) is 37.5 Å². The molecule has 0 bridgehead atoms. The lowest BCUT2D eigenvalue weighted by molar-refractivity contribution is -0.136. The second kappa shape index (κ2) is 8.08. The van der Waals surface area contributed by atoms with Crippen molar-refractivity contribution >= 4 is 11.8 Å². The van der Waals surface area contributed by atoms with Crippen LogP contribution in [0.2, 0.25) is 0 Å². The van der Waals surface area contributed by atoms with Crippen LogP contribution in [0.15, 0.2) is 24.3 Å². The number of benzene rings is 1. The molecule has 0 saturated carbocycles. The molecule has 2 saturated heterocycles. The van der Waals surface area contributed by atoms with Gasteiger partial charge in [-0.15, -0.1) is 0 Å². The van der Waals surface area contributed by atoms with E-state index in [4.69, 9.17) is 9.47 Å². The number of nitrogens with zero attached hydrogens (tertiary/aromatic N) is 2. The van der Waals surface area contributed by atoms with Crippen LogP contribution in [0.4, 0.5) is 0 Å². The Bertz CT molecular complexity index is 646. The summed E-state index contributed by atoms with van der Waals surface area (Å²) in [5.41, 5.74) is 0.598. The molecule has 2 aliphatic rings. The lowest BCUT2D eigenvalue weighted by atomic mass is 9.85. The van der Waals surface area contributed by atoms with Crippen molar-refractivity contribution in [3.63, 3.8) is 0 Å². The largest absolute Gasteiger partial charge is 0.494 e. The summed E-state index contributed by atoms with van der Waals surface area (Å²) >= 11 is 0. The topological polar surface area (TPSA) is 59.1 Å². The molecule has 1 aromatic rings. The molecule has 0 aromatic heterocycles. The van der Waals surface area contributed by atoms with E-state index in [9.17, 15) is 9.59 Å². The van der Waals surface area contributed by atoms with E-state index in [1.54, 1.807) is 7.11 Å². The predicted molar refractivity (Wildman–Crippen MR) is 98.0 cm³/mol. The normalized spacial score (nSPS) is 22.5. The monoisotopic (exact) mass is 360 g/mol. The number of rotatable bonds is 7. The van der Waals surface area contributed by atoms with Crippen molar-refractivity contribution in [3.8, 4) is 5.75 Å². The summed E-state index contributed by atoms with van der Waals surface area (Å²) in [6.45, 7) is 5.75. The van der Waals surface area contributed by atoms with Crippen molar-refractivity contribution in [2.75, 3.05) is 46.5 Å². The molecule has 6 heteroatoms. The Labute approximate surface area is 155 Å². The van der Waals surface area contributed by atoms with Crippen LogP contribution in [0.25, 0.3) is 0 Å². The maximum atomic E-state index is 12.8. The van der Waals surface area contributed by atoms with Gasteiger partial charge in [-0.25, -0.2) is 0 Å². The zero-order valence-electron chi connectivity index (χ0n) is 15.7. The van der Waals surface area contributed by atoms with Crippen LogP contribution in [0, 0.1) is 5.41 Å². The molecule has 0 aliphatic carbocycles. The number of ether oxygens (including phenoxy) is 2. The second-order valence-corrected chi connectivity index (χ2v) is 7.13. The van der Waals surface area contributed by atoms with Gasteiger partial charge in [-0.2, -0.15) is 0 Å². The summed E-state index contributed by atoms with van der Waals surface area (Å²) < 4.78 is 10.5. The first kappa shape index (κ1) is 18.7. The van der Waals surface area contributed by atoms with Gasteiger partial charge in [0.25, 0.3) is 0 Å². The number of hydrogen-bond donors (Lipinski definition) is 0. The fourth-order valence-corrected chi connectivity index (χ4v) is 3.93. The Morgan fingerprint density at radius 1 is 1.19 bits per heavy atom. The number of amides is 2. The molecule has 3 rings (SSSR count). The fourth-order valence-electron chi connectivity index (χ4n) is 3.93. The van der Waals surface area contributed by atoms with Crippen LogP contribution in [0.1, 0.15) is 25.3 Å². The summed E-state index contributed by atoms with van der Waals surface area (Å²) in [7, 11) is 1.65. The summed E-state index contributed by atoms with van der Waals surface area (Å²) in [6.07, 6.45) is 1.97. The van der Waals surface area contributed by atoms with Gasteiger partial charge in [0.1, 0.15) is 5.75 Å². The van der Waals surface area contributed by atoms with Crippen molar-refractivity contribution < 1.29 is 19.1 Å². The molecule has 2 heterocycles. The highest BCUT2D eigenvalue weighted by Gasteiger charge is 2.51. The van der Waals surface area contributed by atoms with Gasteiger partial charge in [0.2, 0.25) is 11.8 Å². The summed E-state index contributed by atoms with van der Waals surface area (Å²) in [5, 5.41) is 0. The Morgan fingerprint density at radius 2 is 1.92 bits per heavy atom. The average Bonchev–Trinajstić information content (AvgIpc) is 3.21. The molecule has 6 nitrogen and oxygen atoms in total. The van der Waals surface area contributed by atoms with Crippen molar-refractivity contribution in [2.24, 2.45) is 5.41 Å². The van der Waals surface area contributed by atoms with E-state index >= 15 is 0 Å². The molecule has 1 spiro atoms. The third-order valence-corrected chi connectivity index (χ3v) is 5.46. The zero-order valence-corrected chi connectivity index (χ0v) is 15.7. The van der Waals surface area contributed by atoms with E-state index in [2.05, 4.69) is 0 Å². The molecule has 2 fully saturated rings. The van der Waals surface area contributed by atoms with Crippen molar-refractivity contribution in [1.82, 2.24) is 9.80 Å². The zero-order chi connectivity index (χ0) is 18.6. The van der Waals surface area contributed by atoms with Gasteiger partial charge >= 0.3 is 0 Å².